The topological polar surface area (TPSA) is 53.0 Å². The van der Waals surface area contributed by atoms with Gasteiger partial charge in [-0.3, -0.25) is 4.90 Å². The van der Waals surface area contributed by atoms with Gasteiger partial charge < -0.3 is 5.73 Å². The summed E-state index contributed by atoms with van der Waals surface area (Å²) in [6.07, 6.45) is 5.76. The van der Waals surface area contributed by atoms with Gasteiger partial charge >= 0.3 is 0 Å². The van der Waals surface area contributed by atoms with Gasteiger partial charge in [-0.05, 0) is 45.3 Å². The molecule has 1 heterocycles. The summed E-state index contributed by atoms with van der Waals surface area (Å²) >= 11 is 0. The van der Waals surface area contributed by atoms with Gasteiger partial charge in [0.2, 0.25) is 0 Å². The molecule has 0 aromatic rings. The lowest BCUT2D eigenvalue weighted by atomic mass is 10.2. The average Bonchev–Trinajstić information content (AvgIpc) is 2.60. The second-order valence-electron chi connectivity index (χ2n) is 3.67. The van der Waals surface area contributed by atoms with Crippen molar-refractivity contribution in [2.45, 2.75) is 38.1 Å². The molecule has 0 bridgehead atoms. The summed E-state index contributed by atoms with van der Waals surface area (Å²) in [6.45, 7) is 2.99. The van der Waals surface area contributed by atoms with Gasteiger partial charge in [0.25, 0.3) is 0 Å². The maximum absolute atomic E-state index is 8.83. The minimum Gasteiger partial charge on any atom is -0.330 e. The Labute approximate surface area is 80.5 Å². The highest BCUT2D eigenvalue weighted by Gasteiger charge is 2.22. The van der Waals surface area contributed by atoms with Gasteiger partial charge in [0.15, 0.2) is 0 Å². The highest BCUT2D eigenvalue weighted by atomic mass is 15.2. The van der Waals surface area contributed by atoms with Gasteiger partial charge in [0.05, 0.1) is 12.1 Å². The molecular formula is C10H19N3. The Bertz CT molecular complexity index is 173. The molecule has 0 radical (unpaired) electrons. The lowest BCUT2D eigenvalue weighted by molar-refractivity contribution is 0.287. The van der Waals surface area contributed by atoms with E-state index >= 15 is 0 Å². The molecule has 3 heteroatoms. The van der Waals surface area contributed by atoms with E-state index in [2.05, 4.69) is 11.0 Å². The normalized spacial score (nSPS) is 23.2. The molecule has 0 saturated carbocycles. The number of nitriles is 1. The first-order valence-electron chi connectivity index (χ1n) is 5.22. The Morgan fingerprint density at radius 1 is 1.38 bits per heavy atom. The molecule has 0 aromatic carbocycles. The van der Waals surface area contributed by atoms with Crippen LogP contribution in [0.15, 0.2) is 0 Å². The number of likely N-dealkylation sites (tertiary alicyclic amines) is 1. The van der Waals surface area contributed by atoms with Crippen LogP contribution >= 0.6 is 0 Å². The average molecular weight is 181 g/mol. The molecule has 1 saturated heterocycles. The number of nitrogens with zero attached hydrogens (tertiary/aromatic N) is 2. The molecule has 1 atom stereocenters. The van der Waals surface area contributed by atoms with Crippen LogP contribution in [0, 0.1) is 11.3 Å². The van der Waals surface area contributed by atoms with Crippen molar-refractivity contribution in [1.29, 1.82) is 5.26 Å². The first-order valence-corrected chi connectivity index (χ1v) is 5.22. The van der Waals surface area contributed by atoms with Crippen LogP contribution in [-0.4, -0.2) is 30.6 Å². The Hall–Kier alpha value is -0.590. The fourth-order valence-electron chi connectivity index (χ4n) is 1.88. The van der Waals surface area contributed by atoms with Gasteiger partial charge in [0, 0.05) is 0 Å². The molecule has 1 rings (SSSR count). The summed E-state index contributed by atoms with van der Waals surface area (Å²) in [4.78, 5) is 2.30. The van der Waals surface area contributed by atoms with Crippen LogP contribution in [0.25, 0.3) is 0 Å². The van der Waals surface area contributed by atoms with E-state index < -0.39 is 0 Å². The van der Waals surface area contributed by atoms with Crippen molar-refractivity contribution in [1.82, 2.24) is 4.90 Å². The fraction of sp³-hybridized carbons (Fsp3) is 0.900. The summed E-state index contributed by atoms with van der Waals surface area (Å²) in [6, 6.07) is 2.55. The third-order valence-corrected chi connectivity index (χ3v) is 2.66. The predicted octanol–water partition coefficient (Wildman–Crippen LogP) is 1.10. The summed E-state index contributed by atoms with van der Waals surface area (Å²) in [5.41, 5.74) is 5.41. The lowest BCUT2D eigenvalue weighted by Crippen LogP contribution is -2.29. The Balaban J connectivity index is 2.10. The number of hydrogen-bond donors (Lipinski definition) is 1. The standard InChI is InChI=1S/C10H19N3/c11-6-2-1-3-7-13-8-4-5-10(13)9-12/h10H,1-8,11H2. The molecule has 13 heavy (non-hydrogen) atoms. The third kappa shape index (κ3) is 3.33. The Kier molecular flexibility index (Phi) is 4.81. The third-order valence-electron chi connectivity index (χ3n) is 2.66. The zero-order chi connectivity index (χ0) is 9.52. The number of unbranched alkanes of at least 4 members (excludes halogenated alkanes) is 2. The number of rotatable bonds is 5. The summed E-state index contributed by atoms with van der Waals surface area (Å²) in [5.74, 6) is 0. The first kappa shape index (κ1) is 10.5. The van der Waals surface area contributed by atoms with Crippen LogP contribution in [0.5, 0.6) is 0 Å². The van der Waals surface area contributed by atoms with Crippen molar-refractivity contribution in [2.75, 3.05) is 19.6 Å². The smallest absolute Gasteiger partial charge is 0.0978 e. The van der Waals surface area contributed by atoms with Crippen molar-refractivity contribution < 1.29 is 0 Å². The van der Waals surface area contributed by atoms with Crippen LogP contribution in [0.1, 0.15) is 32.1 Å². The molecule has 1 fully saturated rings. The van der Waals surface area contributed by atoms with Crippen LogP contribution in [0.2, 0.25) is 0 Å². The van der Waals surface area contributed by atoms with Gasteiger partial charge in [0.1, 0.15) is 0 Å². The minimum atomic E-state index is 0.192. The summed E-state index contributed by atoms with van der Waals surface area (Å²) in [5, 5.41) is 8.83. The maximum atomic E-state index is 8.83. The number of nitrogens with two attached hydrogens (primary N) is 1. The quantitative estimate of drug-likeness (QED) is 0.646. The van der Waals surface area contributed by atoms with Crippen molar-refractivity contribution in [2.24, 2.45) is 5.73 Å². The first-order chi connectivity index (χ1) is 6.38. The zero-order valence-corrected chi connectivity index (χ0v) is 8.21. The van der Waals surface area contributed by atoms with Crippen LogP contribution in [-0.2, 0) is 0 Å². The van der Waals surface area contributed by atoms with Gasteiger partial charge in [-0.2, -0.15) is 5.26 Å². The zero-order valence-electron chi connectivity index (χ0n) is 8.21. The number of hydrogen-bond acceptors (Lipinski definition) is 3. The fourth-order valence-corrected chi connectivity index (χ4v) is 1.88. The second-order valence-corrected chi connectivity index (χ2v) is 3.67. The molecular weight excluding hydrogens is 162 g/mol. The molecule has 0 aromatic heterocycles. The van der Waals surface area contributed by atoms with Crippen LogP contribution in [0.4, 0.5) is 0 Å². The van der Waals surface area contributed by atoms with E-state index in [-0.39, 0.29) is 6.04 Å². The molecule has 2 N–H and O–H groups in total. The van der Waals surface area contributed by atoms with Gasteiger partial charge in [-0.1, -0.05) is 6.42 Å². The summed E-state index contributed by atoms with van der Waals surface area (Å²) < 4.78 is 0. The van der Waals surface area contributed by atoms with E-state index in [9.17, 15) is 0 Å². The second kappa shape index (κ2) is 5.95. The Morgan fingerprint density at radius 3 is 2.92 bits per heavy atom. The molecule has 3 nitrogen and oxygen atoms in total. The molecule has 74 valence electrons. The van der Waals surface area contributed by atoms with Crippen LogP contribution in [0.3, 0.4) is 0 Å². The van der Waals surface area contributed by atoms with Crippen molar-refractivity contribution in [3.05, 3.63) is 0 Å². The predicted molar refractivity (Wildman–Crippen MR) is 53.1 cm³/mol. The SMILES string of the molecule is N#CC1CCCN1CCCCCN. The van der Waals surface area contributed by atoms with E-state index in [1.54, 1.807) is 0 Å². The highest BCUT2D eigenvalue weighted by molar-refractivity contribution is 4.95. The van der Waals surface area contributed by atoms with E-state index in [4.69, 9.17) is 11.0 Å². The minimum absolute atomic E-state index is 0.192. The van der Waals surface area contributed by atoms with E-state index in [1.165, 1.54) is 19.3 Å². The highest BCUT2D eigenvalue weighted by Crippen LogP contribution is 2.16. The molecule has 1 aliphatic rings. The van der Waals surface area contributed by atoms with E-state index in [0.29, 0.717) is 0 Å². The van der Waals surface area contributed by atoms with Crippen molar-refractivity contribution in [3.63, 3.8) is 0 Å². The van der Waals surface area contributed by atoms with Crippen LogP contribution < -0.4 is 5.73 Å². The molecule has 0 spiro atoms. The van der Waals surface area contributed by atoms with Crippen molar-refractivity contribution >= 4 is 0 Å². The van der Waals surface area contributed by atoms with Gasteiger partial charge in [-0.15, -0.1) is 0 Å². The molecule has 0 aliphatic carbocycles. The van der Waals surface area contributed by atoms with Crippen molar-refractivity contribution in [3.8, 4) is 6.07 Å². The Morgan fingerprint density at radius 2 is 2.23 bits per heavy atom. The van der Waals surface area contributed by atoms with E-state index in [0.717, 1.165) is 32.5 Å². The summed E-state index contributed by atoms with van der Waals surface area (Å²) in [7, 11) is 0. The molecule has 1 aliphatic heterocycles. The van der Waals surface area contributed by atoms with Gasteiger partial charge in [-0.25, -0.2) is 0 Å². The molecule has 0 amide bonds. The molecule has 1 unspecified atom stereocenters. The van der Waals surface area contributed by atoms with E-state index in [1.807, 2.05) is 0 Å². The lowest BCUT2D eigenvalue weighted by Gasteiger charge is -2.18. The monoisotopic (exact) mass is 181 g/mol. The maximum Gasteiger partial charge on any atom is 0.0978 e. The largest absolute Gasteiger partial charge is 0.330 e.